The van der Waals surface area contributed by atoms with Gasteiger partial charge in [-0.15, -0.1) is 0 Å². The molecule has 1 saturated heterocycles. The molecule has 0 bridgehead atoms. The number of ether oxygens (including phenoxy) is 1. The van der Waals surface area contributed by atoms with Crippen molar-refractivity contribution >= 4 is 0 Å². The van der Waals surface area contributed by atoms with Crippen LogP contribution in [0.3, 0.4) is 0 Å². The molecule has 1 aliphatic heterocycles. The molecule has 0 aromatic rings. The van der Waals surface area contributed by atoms with E-state index in [2.05, 4.69) is 74.3 Å². The SMILES string of the molecule is CC(C)(C)OC1CC(C)(C)N(OC(C)(C)C)C(C)(C)C1. The summed E-state index contributed by atoms with van der Waals surface area (Å²) >= 11 is 0. The number of hydrogen-bond donors (Lipinski definition) is 0. The van der Waals surface area contributed by atoms with Gasteiger partial charge < -0.3 is 4.74 Å². The Morgan fingerprint density at radius 1 is 0.800 bits per heavy atom. The Bertz CT molecular complexity index is 316. The first-order valence-corrected chi connectivity index (χ1v) is 7.80. The minimum absolute atomic E-state index is 0.0368. The second-order valence-electron chi connectivity index (χ2n) is 9.38. The lowest BCUT2D eigenvalue weighted by Gasteiger charge is -2.55. The Hall–Kier alpha value is -0.120. The Balaban J connectivity index is 2.93. The fourth-order valence-electron chi connectivity index (χ4n) is 3.28. The van der Waals surface area contributed by atoms with Gasteiger partial charge in [0.1, 0.15) is 0 Å². The summed E-state index contributed by atoms with van der Waals surface area (Å²) in [6, 6.07) is 0. The van der Waals surface area contributed by atoms with Gasteiger partial charge in [-0.25, -0.2) is 0 Å². The van der Waals surface area contributed by atoms with Crippen molar-refractivity contribution < 1.29 is 9.57 Å². The summed E-state index contributed by atoms with van der Waals surface area (Å²) in [6.45, 7) is 21.7. The van der Waals surface area contributed by atoms with E-state index >= 15 is 0 Å². The summed E-state index contributed by atoms with van der Waals surface area (Å²) in [5, 5.41) is 2.20. The maximum atomic E-state index is 6.27. The van der Waals surface area contributed by atoms with E-state index in [0.29, 0.717) is 0 Å². The lowest BCUT2D eigenvalue weighted by Crippen LogP contribution is -2.63. The molecule has 0 aliphatic carbocycles. The normalized spacial score (nSPS) is 24.9. The topological polar surface area (TPSA) is 21.7 Å². The third-order valence-electron chi connectivity index (χ3n) is 3.44. The largest absolute Gasteiger partial charge is 0.372 e. The van der Waals surface area contributed by atoms with Gasteiger partial charge in [0.2, 0.25) is 0 Å². The van der Waals surface area contributed by atoms with E-state index in [1.54, 1.807) is 0 Å². The first kappa shape index (κ1) is 17.9. The molecular formula is C17H35NO2. The van der Waals surface area contributed by atoms with Crippen molar-refractivity contribution in [2.45, 2.75) is 110 Å². The Kier molecular flexibility index (Phi) is 4.71. The average Bonchev–Trinajstić information content (AvgIpc) is 2.05. The van der Waals surface area contributed by atoms with Crippen LogP contribution in [0.1, 0.15) is 82.1 Å². The molecule has 0 N–H and O–H groups in total. The van der Waals surface area contributed by atoms with E-state index in [1.165, 1.54) is 0 Å². The van der Waals surface area contributed by atoms with E-state index in [0.717, 1.165) is 12.8 Å². The summed E-state index contributed by atoms with van der Waals surface area (Å²) in [7, 11) is 0. The molecule has 0 aromatic heterocycles. The summed E-state index contributed by atoms with van der Waals surface area (Å²) in [5.74, 6) is 0. The highest BCUT2D eigenvalue weighted by Gasteiger charge is 2.48. The van der Waals surface area contributed by atoms with Crippen molar-refractivity contribution in [3.05, 3.63) is 0 Å². The molecule has 3 nitrogen and oxygen atoms in total. The molecule has 1 fully saturated rings. The van der Waals surface area contributed by atoms with Crippen LogP contribution in [0.15, 0.2) is 0 Å². The highest BCUT2D eigenvalue weighted by Crippen LogP contribution is 2.42. The van der Waals surface area contributed by atoms with Gasteiger partial charge in [-0.3, -0.25) is 4.84 Å². The third-order valence-corrected chi connectivity index (χ3v) is 3.44. The number of hydroxylamine groups is 2. The van der Waals surface area contributed by atoms with E-state index in [9.17, 15) is 0 Å². The van der Waals surface area contributed by atoms with Gasteiger partial charge in [-0.2, -0.15) is 5.06 Å². The van der Waals surface area contributed by atoms with E-state index in [1.807, 2.05) is 0 Å². The molecule has 3 heteroatoms. The first-order chi connectivity index (χ1) is 8.62. The Labute approximate surface area is 126 Å². The van der Waals surface area contributed by atoms with Crippen LogP contribution in [-0.4, -0.2) is 33.4 Å². The fraction of sp³-hybridized carbons (Fsp3) is 1.00. The molecule has 0 atom stereocenters. The molecule has 1 rings (SSSR count). The number of piperidine rings is 1. The Morgan fingerprint density at radius 2 is 1.20 bits per heavy atom. The monoisotopic (exact) mass is 285 g/mol. The molecule has 0 radical (unpaired) electrons. The van der Waals surface area contributed by atoms with E-state index in [4.69, 9.17) is 9.57 Å². The molecule has 120 valence electrons. The van der Waals surface area contributed by atoms with Gasteiger partial charge in [-0.1, -0.05) is 0 Å². The second kappa shape index (κ2) is 5.26. The van der Waals surface area contributed by atoms with Crippen LogP contribution in [0.4, 0.5) is 0 Å². The standard InChI is InChI=1S/C17H35NO2/c1-14(2,3)19-13-11-16(7,8)18(17(9,10)12-13)20-15(4,5)6/h13H,11-12H2,1-10H3. The van der Waals surface area contributed by atoms with Crippen molar-refractivity contribution in [1.29, 1.82) is 0 Å². The molecule has 0 aromatic carbocycles. The fourth-order valence-corrected chi connectivity index (χ4v) is 3.28. The van der Waals surface area contributed by atoms with Crippen molar-refractivity contribution in [1.82, 2.24) is 5.06 Å². The minimum Gasteiger partial charge on any atom is -0.372 e. The van der Waals surface area contributed by atoms with Crippen LogP contribution in [-0.2, 0) is 9.57 Å². The predicted octanol–water partition coefficient (Wildman–Crippen LogP) is 4.55. The minimum atomic E-state index is -0.174. The van der Waals surface area contributed by atoms with Gasteiger partial charge >= 0.3 is 0 Å². The van der Waals surface area contributed by atoms with E-state index < -0.39 is 0 Å². The van der Waals surface area contributed by atoms with Gasteiger partial charge in [-0.05, 0) is 82.1 Å². The maximum absolute atomic E-state index is 6.27. The lowest BCUT2D eigenvalue weighted by atomic mass is 9.80. The van der Waals surface area contributed by atoms with Crippen LogP contribution < -0.4 is 0 Å². The second-order valence-corrected chi connectivity index (χ2v) is 9.38. The van der Waals surface area contributed by atoms with Gasteiger partial charge in [0, 0.05) is 11.1 Å². The van der Waals surface area contributed by atoms with Gasteiger partial charge in [0.05, 0.1) is 17.3 Å². The van der Waals surface area contributed by atoms with Gasteiger partial charge in [0.15, 0.2) is 0 Å². The third kappa shape index (κ3) is 5.01. The number of hydrogen-bond acceptors (Lipinski definition) is 3. The van der Waals surface area contributed by atoms with Crippen molar-refractivity contribution in [3.8, 4) is 0 Å². The number of nitrogens with zero attached hydrogens (tertiary/aromatic N) is 1. The molecular weight excluding hydrogens is 250 g/mol. The highest BCUT2D eigenvalue weighted by atomic mass is 16.7. The molecule has 0 amide bonds. The molecule has 0 saturated carbocycles. The lowest BCUT2D eigenvalue weighted by molar-refractivity contribution is -0.337. The van der Waals surface area contributed by atoms with E-state index in [-0.39, 0.29) is 28.4 Å². The average molecular weight is 285 g/mol. The smallest absolute Gasteiger partial charge is 0.0816 e. The summed E-state index contributed by atoms with van der Waals surface area (Å²) in [4.78, 5) is 6.27. The molecule has 0 unspecified atom stereocenters. The predicted molar refractivity (Wildman–Crippen MR) is 84.7 cm³/mol. The molecule has 1 heterocycles. The quantitative estimate of drug-likeness (QED) is 0.742. The highest BCUT2D eigenvalue weighted by molar-refractivity contribution is 4.98. The van der Waals surface area contributed by atoms with Crippen LogP contribution in [0.2, 0.25) is 0 Å². The van der Waals surface area contributed by atoms with Crippen LogP contribution in [0.25, 0.3) is 0 Å². The van der Waals surface area contributed by atoms with Crippen LogP contribution >= 0.6 is 0 Å². The van der Waals surface area contributed by atoms with Crippen molar-refractivity contribution in [2.75, 3.05) is 0 Å². The molecule has 20 heavy (non-hydrogen) atoms. The zero-order valence-electron chi connectivity index (χ0n) is 15.3. The molecule has 0 spiro atoms. The zero-order chi connectivity index (χ0) is 16.0. The Morgan fingerprint density at radius 3 is 1.50 bits per heavy atom. The summed E-state index contributed by atoms with van der Waals surface area (Å²) in [5.41, 5.74) is -0.341. The molecule has 1 aliphatic rings. The summed E-state index contributed by atoms with van der Waals surface area (Å²) in [6.07, 6.45) is 2.26. The van der Waals surface area contributed by atoms with Crippen molar-refractivity contribution in [2.24, 2.45) is 0 Å². The number of rotatable bonds is 2. The maximum Gasteiger partial charge on any atom is 0.0816 e. The summed E-state index contributed by atoms with van der Waals surface area (Å²) < 4.78 is 6.25. The van der Waals surface area contributed by atoms with Crippen molar-refractivity contribution in [3.63, 3.8) is 0 Å². The first-order valence-electron chi connectivity index (χ1n) is 7.80. The van der Waals surface area contributed by atoms with Crippen LogP contribution in [0, 0.1) is 0 Å². The van der Waals surface area contributed by atoms with Gasteiger partial charge in [0.25, 0.3) is 0 Å². The van der Waals surface area contributed by atoms with Crippen LogP contribution in [0.5, 0.6) is 0 Å². The zero-order valence-corrected chi connectivity index (χ0v) is 15.3.